The van der Waals surface area contributed by atoms with Gasteiger partial charge in [-0.1, -0.05) is 127 Å². The molecule has 0 saturated carbocycles. The molecule has 8 rings (SSSR count). The maximum absolute atomic E-state index is 5.27. The minimum atomic E-state index is 0.695. The highest BCUT2D eigenvalue weighted by Gasteiger charge is 2.15. The first-order valence-electron chi connectivity index (χ1n) is 15.1. The fourth-order valence-electron chi connectivity index (χ4n) is 5.88. The van der Waals surface area contributed by atoms with Crippen LogP contribution in [0.25, 0.3) is 78.1 Å². The van der Waals surface area contributed by atoms with Crippen LogP contribution in [0.4, 0.5) is 0 Å². The Balaban J connectivity index is 1.33. The molecule has 0 N–H and O–H groups in total. The van der Waals surface area contributed by atoms with Gasteiger partial charge >= 0.3 is 0 Å². The van der Waals surface area contributed by atoms with E-state index >= 15 is 0 Å². The molecule has 0 amide bonds. The van der Waals surface area contributed by atoms with E-state index in [1.807, 2.05) is 49.4 Å². The number of pyridine rings is 2. The largest absolute Gasteiger partial charge is 0.251 e. The Morgan fingerprint density at radius 2 is 0.933 bits per heavy atom. The number of hydrogen-bond acceptors (Lipinski definition) is 4. The summed E-state index contributed by atoms with van der Waals surface area (Å²) in [6, 6.07) is 52.2. The van der Waals surface area contributed by atoms with E-state index in [2.05, 4.69) is 109 Å². The molecule has 0 radical (unpaired) electrons. The number of aromatic nitrogens is 4. The molecule has 0 aliphatic heterocycles. The Bertz CT molecular complexity index is 2260. The van der Waals surface area contributed by atoms with Crippen molar-refractivity contribution in [2.45, 2.75) is 6.92 Å². The quantitative estimate of drug-likeness (QED) is 0.191. The third kappa shape index (κ3) is 5.13. The predicted molar refractivity (Wildman–Crippen MR) is 185 cm³/mol. The smallest absolute Gasteiger partial charge is 0.160 e. The number of rotatable bonds is 5. The molecule has 3 aromatic heterocycles. The SMILES string of the molecule is Cc1ccc2ccc3c(-c4ccccc4)cc(-c4cccc(-c5cc(-c6ccccc6)nc(-c6ccccc6)n5)c4)nc3c2n1. The van der Waals surface area contributed by atoms with Crippen molar-refractivity contribution in [1.29, 1.82) is 0 Å². The van der Waals surface area contributed by atoms with Gasteiger partial charge in [0.1, 0.15) is 0 Å². The van der Waals surface area contributed by atoms with Crippen LogP contribution in [0.1, 0.15) is 5.69 Å². The highest BCUT2D eigenvalue weighted by atomic mass is 14.9. The minimum absolute atomic E-state index is 0.695. The molecular weight excluding hydrogens is 548 g/mol. The number of fused-ring (bicyclic) bond motifs is 3. The first-order chi connectivity index (χ1) is 22.2. The zero-order valence-electron chi connectivity index (χ0n) is 24.7. The van der Waals surface area contributed by atoms with Gasteiger partial charge in [0.05, 0.1) is 28.1 Å². The molecule has 45 heavy (non-hydrogen) atoms. The molecule has 0 bridgehead atoms. The van der Waals surface area contributed by atoms with Crippen LogP contribution < -0.4 is 0 Å². The third-order valence-corrected chi connectivity index (χ3v) is 8.14. The molecule has 0 unspecified atom stereocenters. The Morgan fingerprint density at radius 1 is 0.378 bits per heavy atom. The number of hydrogen-bond donors (Lipinski definition) is 0. The van der Waals surface area contributed by atoms with E-state index in [1.165, 1.54) is 0 Å². The topological polar surface area (TPSA) is 51.6 Å². The van der Waals surface area contributed by atoms with E-state index in [-0.39, 0.29) is 0 Å². The van der Waals surface area contributed by atoms with Gasteiger partial charge in [0.2, 0.25) is 0 Å². The van der Waals surface area contributed by atoms with E-state index in [4.69, 9.17) is 19.9 Å². The molecule has 4 heteroatoms. The number of benzene rings is 5. The number of aryl methyl sites for hydroxylation is 1. The van der Waals surface area contributed by atoms with Crippen LogP contribution in [0.15, 0.2) is 152 Å². The first-order valence-corrected chi connectivity index (χ1v) is 15.1. The summed E-state index contributed by atoms with van der Waals surface area (Å²) in [6.45, 7) is 2.03. The van der Waals surface area contributed by atoms with E-state index < -0.39 is 0 Å². The first kappa shape index (κ1) is 26.6. The minimum Gasteiger partial charge on any atom is -0.251 e. The maximum Gasteiger partial charge on any atom is 0.160 e. The average Bonchev–Trinajstić information content (AvgIpc) is 3.12. The zero-order valence-corrected chi connectivity index (χ0v) is 24.7. The van der Waals surface area contributed by atoms with Crippen molar-refractivity contribution in [3.63, 3.8) is 0 Å². The van der Waals surface area contributed by atoms with Gasteiger partial charge in [-0.3, -0.25) is 4.98 Å². The fraction of sp³-hybridized carbons (Fsp3) is 0.0244. The van der Waals surface area contributed by atoms with Crippen LogP contribution in [0.3, 0.4) is 0 Å². The Morgan fingerprint density at radius 3 is 1.62 bits per heavy atom. The standard InChI is InChI=1S/C41H28N4/c1-27-20-21-30-22-23-34-35(28-12-5-2-6-13-28)25-36(43-40(34)39(30)42-27)32-18-11-19-33(24-32)38-26-37(29-14-7-3-8-15-29)44-41(45-38)31-16-9-4-10-17-31/h2-26H,1H3. The van der Waals surface area contributed by atoms with Gasteiger partial charge in [-0.25, -0.2) is 15.0 Å². The highest BCUT2D eigenvalue weighted by molar-refractivity contribution is 6.09. The molecular formula is C41H28N4. The number of nitrogens with zero attached hydrogens (tertiary/aromatic N) is 4. The summed E-state index contributed by atoms with van der Waals surface area (Å²) in [7, 11) is 0. The molecule has 0 aliphatic rings. The van der Waals surface area contributed by atoms with Crippen LogP contribution in [0, 0.1) is 6.92 Å². The molecule has 212 valence electrons. The second-order valence-electron chi connectivity index (χ2n) is 11.2. The van der Waals surface area contributed by atoms with Crippen LogP contribution in [0.5, 0.6) is 0 Å². The van der Waals surface area contributed by atoms with Crippen molar-refractivity contribution in [2.24, 2.45) is 0 Å². The van der Waals surface area contributed by atoms with Crippen molar-refractivity contribution in [3.8, 4) is 56.3 Å². The summed E-state index contributed by atoms with van der Waals surface area (Å²) >= 11 is 0. The van der Waals surface area contributed by atoms with Crippen molar-refractivity contribution in [2.75, 3.05) is 0 Å². The maximum atomic E-state index is 5.27. The second-order valence-corrected chi connectivity index (χ2v) is 11.2. The van der Waals surface area contributed by atoms with Gasteiger partial charge in [-0.05, 0) is 42.3 Å². The molecule has 0 fully saturated rings. The van der Waals surface area contributed by atoms with E-state index in [1.54, 1.807) is 0 Å². The molecule has 5 aromatic carbocycles. The van der Waals surface area contributed by atoms with Crippen LogP contribution in [-0.2, 0) is 0 Å². The summed E-state index contributed by atoms with van der Waals surface area (Å²) in [5.74, 6) is 0.695. The highest BCUT2D eigenvalue weighted by Crippen LogP contribution is 2.36. The van der Waals surface area contributed by atoms with Crippen molar-refractivity contribution >= 4 is 21.8 Å². The zero-order chi connectivity index (χ0) is 30.2. The van der Waals surface area contributed by atoms with Gasteiger partial charge < -0.3 is 0 Å². The Kier molecular flexibility index (Phi) is 6.65. The van der Waals surface area contributed by atoms with Crippen molar-refractivity contribution < 1.29 is 0 Å². The van der Waals surface area contributed by atoms with Crippen LogP contribution >= 0.6 is 0 Å². The molecule has 0 spiro atoms. The van der Waals surface area contributed by atoms with Gasteiger partial charge in [0, 0.05) is 38.7 Å². The Labute approximate surface area is 261 Å². The normalized spacial score (nSPS) is 11.2. The van der Waals surface area contributed by atoms with Crippen molar-refractivity contribution in [1.82, 2.24) is 19.9 Å². The van der Waals surface area contributed by atoms with Gasteiger partial charge in [-0.15, -0.1) is 0 Å². The van der Waals surface area contributed by atoms with Gasteiger partial charge in [0.25, 0.3) is 0 Å². The summed E-state index contributed by atoms with van der Waals surface area (Å²) in [5, 5.41) is 2.16. The fourth-order valence-corrected chi connectivity index (χ4v) is 5.88. The lowest BCUT2D eigenvalue weighted by Crippen LogP contribution is -1.96. The average molecular weight is 577 g/mol. The molecule has 3 heterocycles. The molecule has 4 nitrogen and oxygen atoms in total. The van der Waals surface area contributed by atoms with Crippen LogP contribution in [0.2, 0.25) is 0 Å². The molecule has 0 saturated heterocycles. The van der Waals surface area contributed by atoms with E-state index in [0.717, 1.165) is 78.0 Å². The third-order valence-electron chi connectivity index (χ3n) is 8.14. The lowest BCUT2D eigenvalue weighted by Gasteiger charge is -2.13. The van der Waals surface area contributed by atoms with Gasteiger partial charge in [0.15, 0.2) is 5.82 Å². The second kappa shape index (κ2) is 11.3. The predicted octanol–water partition coefficient (Wildman–Crippen LogP) is 10.2. The lowest BCUT2D eigenvalue weighted by atomic mass is 9.96. The summed E-state index contributed by atoms with van der Waals surface area (Å²) in [6.07, 6.45) is 0. The van der Waals surface area contributed by atoms with E-state index in [0.29, 0.717) is 5.82 Å². The van der Waals surface area contributed by atoms with Gasteiger partial charge in [-0.2, -0.15) is 0 Å². The molecule has 0 atom stereocenters. The monoisotopic (exact) mass is 576 g/mol. The van der Waals surface area contributed by atoms with E-state index in [9.17, 15) is 0 Å². The van der Waals surface area contributed by atoms with Crippen molar-refractivity contribution in [3.05, 3.63) is 157 Å². The Hall–Kier alpha value is -6.00. The molecule has 8 aromatic rings. The summed E-state index contributed by atoms with van der Waals surface area (Å²) < 4.78 is 0. The van der Waals surface area contributed by atoms with Crippen LogP contribution in [-0.4, -0.2) is 19.9 Å². The summed E-state index contributed by atoms with van der Waals surface area (Å²) in [5.41, 5.74) is 11.7. The molecule has 0 aliphatic carbocycles. The lowest BCUT2D eigenvalue weighted by molar-refractivity contribution is 1.18. The summed E-state index contributed by atoms with van der Waals surface area (Å²) in [4.78, 5) is 20.2.